The van der Waals surface area contributed by atoms with Gasteiger partial charge >= 0.3 is 0 Å². The summed E-state index contributed by atoms with van der Waals surface area (Å²) in [6.07, 6.45) is 5.90. The second-order valence-electron chi connectivity index (χ2n) is 6.90. The number of rotatable bonds is 5. The first-order valence-corrected chi connectivity index (χ1v) is 8.79. The topological polar surface area (TPSA) is 58.2 Å². The third-order valence-corrected chi connectivity index (χ3v) is 4.99. The van der Waals surface area contributed by atoms with Gasteiger partial charge in [0.15, 0.2) is 5.78 Å². The number of hydrogen-bond donors (Lipinski definition) is 2. The van der Waals surface area contributed by atoms with Crippen molar-refractivity contribution < 1.29 is 9.59 Å². The molecule has 1 aliphatic heterocycles. The van der Waals surface area contributed by atoms with Crippen LogP contribution in [-0.2, 0) is 17.6 Å². The van der Waals surface area contributed by atoms with E-state index >= 15 is 0 Å². The Hall–Kier alpha value is -1.39. The molecule has 2 aliphatic rings. The maximum atomic E-state index is 12.3. The predicted molar refractivity (Wildman–Crippen MR) is 97.9 cm³/mol. The number of Topliss-reactive ketones (excluding diaryl/α,β-unsaturated/α-hetero) is 1. The van der Waals surface area contributed by atoms with Crippen molar-refractivity contribution in [3.05, 3.63) is 34.9 Å². The zero-order valence-electron chi connectivity index (χ0n) is 14.3. The normalized spacial score (nSPS) is 22.4. The van der Waals surface area contributed by atoms with Crippen LogP contribution >= 0.6 is 12.4 Å². The standard InChI is InChI=1S/C19H26N2O2.ClH/c1-13-11-17(9-10-20-13)21-19(23)8-7-18(22)16-6-5-14-3-2-4-15(14)12-16;/h5-6,12-13,17,20H,2-4,7-11H2,1H3,(H,21,23);1H. The minimum Gasteiger partial charge on any atom is -0.353 e. The molecule has 1 heterocycles. The van der Waals surface area contributed by atoms with Gasteiger partial charge in [-0.2, -0.15) is 0 Å². The number of amides is 1. The lowest BCUT2D eigenvalue weighted by molar-refractivity contribution is -0.122. The van der Waals surface area contributed by atoms with Crippen molar-refractivity contribution >= 4 is 24.1 Å². The van der Waals surface area contributed by atoms with Crippen molar-refractivity contribution in [2.45, 2.75) is 64.0 Å². The summed E-state index contributed by atoms with van der Waals surface area (Å²) >= 11 is 0. The molecule has 2 unspecified atom stereocenters. The first kappa shape index (κ1) is 18.9. The summed E-state index contributed by atoms with van der Waals surface area (Å²) < 4.78 is 0. The predicted octanol–water partition coefficient (Wildman–Crippen LogP) is 2.82. The molecule has 4 nitrogen and oxygen atoms in total. The monoisotopic (exact) mass is 350 g/mol. The number of aryl methyl sites for hydroxylation is 2. The fourth-order valence-corrected chi connectivity index (χ4v) is 3.68. The van der Waals surface area contributed by atoms with Crippen LogP contribution < -0.4 is 10.6 Å². The number of nitrogens with one attached hydrogen (secondary N) is 2. The number of benzene rings is 1. The van der Waals surface area contributed by atoms with Crippen molar-refractivity contribution in [3.63, 3.8) is 0 Å². The minimum atomic E-state index is -0.00129. The van der Waals surface area contributed by atoms with E-state index in [9.17, 15) is 9.59 Å². The highest BCUT2D eigenvalue weighted by Gasteiger charge is 2.20. The Morgan fingerprint density at radius 2 is 2.00 bits per heavy atom. The molecule has 0 aromatic heterocycles. The molecule has 1 amide bonds. The first-order valence-electron chi connectivity index (χ1n) is 8.79. The summed E-state index contributed by atoms with van der Waals surface area (Å²) in [5.41, 5.74) is 3.44. The fourth-order valence-electron chi connectivity index (χ4n) is 3.68. The molecule has 1 saturated heterocycles. The maximum absolute atomic E-state index is 12.3. The van der Waals surface area contributed by atoms with E-state index in [1.165, 1.54) is 17.5 Å². The summed E-state index contributed by atoms with van der Waals surface area (Å²) in [4.78, 5) is 24.4. The zero-order valence-corrected chi connectivity index (χ0v) is 15.1. The number of halogens is 1. The summed E-state index contributed by atoms with van der Waals surface area (Å²) in [7, 11) is 0. The number of carbonyl (C=O) groups excluding carboxylic acids is 2. The number of hydrogen-bond acceptors (Lipinski definition) is 3. The molecule has 1 aliphatic carbocycles. The number of carbonyl (C=O) groups is 2. The molecule has 132 valence electrons. The molecule has 1 aromatic rings. The van der Waals surface area contributed by atoms with Crippen molar-refractivity contribution in [1.82, 2.24) is 10.6 Å². The Kier molecular flexibility index (Phi) is 6.81. The molecule has 0 spiro atoms. The van der Waals surface area contributed by atoms with E-state index in [4.69, 9.17) is 0 Å². The Bertz CT molecular complexity index is 603. The van der Waals surface area contributed by atoms with Gasteiger partial charge in [0.2, 0.25) is 5.91 Å². The van der Waals surface area contributed by atoms with E-state index < -0.39 is 0 Å². The summed E-state index contributed by atoms with van der Waals surface area (Å²) in [5.74, 6) is 0.0761. The van der Waals surface area contributed by atoms with Crippen LogP contribution in [0.1, 0.15) is 60.5 Å². The van der Waals surface area contributed by atoms with Gasteiger partial charge in [-0.25, -0.2) is 0 Å². The molecule has 0 bridgehead atoms. The lowest BCUT2D eigenvalue weighted by atomic mass is 9.99. The van der Waals surface area contributed by atoms with Crippen LogP contribution in [0, 0.1) is 0 Å². The van der Waals surface area contributed by atoms with Crippen LogP contribution in [0.2, 0.25) is 0 Å². The highest BCUT2D eigenvalue weighted by molar-refractivity contribution is 5.98. The van der Waals surface area contributed by atoms with Gasteiger partial charge in [0.05, 0.1) is 0 Å². The zero-order chi connectivity index (χ0) is 16.2. The largest absolute Gasteiger partial charge is 0.353 e. The van der Waals surface area contributed by atoms with Crippen molar-refractivity contribution in [1.29, 1.82) is 0 Å². The molecule has 24 heavy (non-hydrogen) atoms. The molecule has 3 rings (SSSR count). The fraction of sp³-hybridized carbons (Fsp3) is 0.579. The number of ketones is 1. The van der Waals surface area contributed by atoms with Gasteiger partial charge in [-0.05, 0) is 62.8 Å². The van der Waals surface area contributed by atoms with Crippen molar-refractivity contribution in [3.8, 4) is 0 Å². The summed E-state index contributed by atoms with van der Waals surface area (Å²) in [6.45, 7) is 3.08. The molecule has 1 fully saturated rings. The molecule has 2 atom stereocenters. The highest BCUT2D eigenvalue weighted by Crippen LogP contribution is 2.23. The third kappa shape index (κ3) is 4.81. The Morgan fingerprint density at radius 3 is 2.79 bits per heavy atom. The van der Waals surface area contributed by atoms with Crippen LogP contribution in [0.4, 0.5) is 0 Å². The Morgan fingerprint density at radius 1 is 1.21 bits per heavy atom. The van der Waals surface area contributed by atoms with Gasteiger partial charge in [-0.3, -0.25) is 9.59 Å². The second kappa shape index (κ2) is 8.63. The van der Waals surface area contributed by atoms with Crippen LogP contribution in [0.25, 0.3) is 0 Å². The SMILES string of the molecule is CC1CC(NC(=O)CCC(=O)c2ccc3c(c2)CCC3)CCN1.Cl. The average molecular weight is 351 g/mol. The molecular formula is C19H27ClN2O2. The summed E-state index contributed by atoms with van der Waals surface area (Å²) in [5, 5.41) is 6.44. The van der Waals surface area contributed by atoms with E-state index in [1.54, 1.807) is 0 Å². The van der Waals surface area contributed by atoms with E-state index in [2.05, 4.69) is 23.6 Å². The molecular weight excluding hydrogens is 324 g/mol. The van der Waals surface area contributed by atoms with Crippen LogP contribution in [0.3, 0.4) is 0 Å². The van der Waals surface area contributed by atoms with Gasteiger partial charge in [0.1, 0.15) is 0 Å². The molecule has 0 radical (unpaired) electrons. The quantitative estimate of drug-likeness (QED) is 0.803. The van der Waals surface area contributed by atoms with E-state index in [-0.39, 0.29) is 36.6 Å². The van der Waals surface area contributed by atoms with Crippen LogP contribution in [-0.4, -0.2) is 30.3 Å². The molecule has 1 aromatic carbocycles. The number of piperidine rings is 1. The van der Waals surface area contributed by atoms with Gasteiger partial charge in [0, 0.05) is 30.5 Å². The summed E-state index contributed by atoms with van der Waals surface area (Å²) in [6, 6.07) is 6.71. The van der Waals surface area contributed by atoms with Gasteiger partial charge in [-0.1, -0.05) is 12.1 Å². The number of fused-ring (bicyclic) bond motifs is 1. The lowest BCUT2D eigenvalue weighted by Gasteiger charge is -2.28. The smallest absolute Gasteiger partial charge is 0.220 e. The first-order chi connectivity index (χ1) is 11.1. The van der Waals surface area contributed by atoms with Crippen LogP contribution in [0.5, 0.6) is 0 Å². The molecule has 2 N–H and O–H groups in total. The van der Waals surface area contributed by atoms with Gasteiger partial charge in [-0.15, -0.1) is 12.4 Å². The minimum absolute atomic E-state index is 0. The third-order valence-electron chi connectivity index (χ3n) is 4.99. The Labute approximate surface area is 150 Å². The second-order valence-corrected chi connectivity index (χ2v) is 6.90. The van der Waals surface area contributed by atoms with Gasteiger partial charge in [0.25, 0.3) is 0 Å². The van der Waals surface area contributed by atoms with Crippen molar-refractivity contribution in [2.24, 2.45) is 0 Å². The Balaban J connectivity index is 0.00000208. The van der Waals surface area contributed by atoms with E-state index in [0.717, 1.165) is 37.8 Å². The molecule has 5 heteroatoms. The van der Waals surface area contributed by atoms with E-state index in [1.807, 2.05) is 12.1 Å². The van der Waals surface area contributed by atoms with Crippen molar-refractivity contribution in [2.75, 3.05) is 6.54 Å². The van der Waals surface area contributed by atoms with Crippen LogP contribution in [0.15, 0.2) is 18.2 Å². The molecule has 0 saturated carbocycles. The lowest BCUT2D eigenvalue weighted by Crippen LogP contribution is -2.46. The van der Waals surface area contributed by atoms with Gasteiger partial charge < -0.3 is 10.6 Å². The van der Waals surface area contributed by atoms with E-state index in [0.29, 0.717) is 12.5 Å². The highest BCUT2D eigenvalue weighted by atomic mass is 35.5. The average Bonchev–Trinajstić information content (AvgIpc) is 3.00. The maximum Gasteiger partial charge on any atom is 0.220 e.